The van der Waals surface area contributed by atoms with Crippen molar-refractivity contribution in [1.82, 2.24) is 25.5 Å². The smallest absolute Gasteiger partial charge is 0.227 e. The molecule has 2 fully saturated rings. The molecule has 3 aliphatic heterocycles. The maximum atomic E-state index is 13.4. The van der Waals surface area contributed by atoms with E-state index in [1.165, 1.54) is 18.2 Å². The van der Waals surface area contributed by atoms with Gasteiger partial charge in [0.15, 0.2) is 22.5 Å². The Morgan fingerprint density at radius 1 is 1.08 bits per heavy atom. The molecule has 200 valence electrons. The number of aromatic nitrogens is 2. The quantitative estimate of drug-likeness (QED) is 0.323. The zero-order valence-corrected chi connectivity index (χ0v) is 21.4. The molecule has 1 aromatic heterocycles. The second kappa shape index (κ2) is 10.1. The molecule has 0 unspecified atom stereocenters. The van der Waals surface area contributed by atoms with Gasteiger partial charge in [-0.2, -0.15) is 0 Å². The number of benzene rings is 1. The zero-order chi connectivity index (χ0) is 27.0. The molecule has 1 aromatic carbocycles. The SMILES string of the molecule is Nc1nc(N)c(C(=O)/C=C2\NCC3(CCN(C(=O)CCC(=O)N4CCc5cc(F)ccc54)CC3)N2)nc1Cl. The first-order valence-electron chi connectivity index (χ1n) is 12.4. The molecule has 0 bridgehead atoms. The van der Waals surface area contributed by atoms with Gasteiger partial charge in [-0.3, -0.25) is 14.4 Å². The molecule has 0 radical (unpaired) electrons. The molecule has 6 N–H and O–H groups in total. The summed E-state index contributed by atoms with van der Waals surface area (Å²) in [5.74, 6) is -0.609. The summed E-state index contributed by atoms with van der Waals surface area (Å²) < 4.78 is 13.4. The van der Waals surface area contributed by atoms with E-state index in [1.807, 2.05) is 0 Å². The minimum absolute atomic E-state index is 0.0480. The van der Waals surface area contributed by atoms with E-state index in [9.17, 15) is 18.8 Å². The fourth-order valence-electron chi connectivity index (χ4n) is 5.17. The molecule has 2 amide bonds. The highest BCUT2D eigenvalue weighted by atomic mass is 35.5. The van der Waals surface area contributed by atoms with Crippen molar-refractivity contribution in [1.29, 1.82) is 0 Å². The van der Waals surface area contributed by atoms with Gasteiger partial charge < -0.3 is 31.9 Å². The van der Waals surface area contributed by atoms with Crippen molar-refractivity contribution in [3.8, 4) is 0 Å². The molecule has 5 rings (SSSR count). The molecule has 3 aliphatic rings. The van der Waals surface area contributed by atoms with Gasteiger partial charge in [0.1, 0.15) is 11.6 Å². The number of allylic oxidation sites excluding steroid dienone is 1. The van der Waals surface area contributed by atoms with Crippen molar-refractivity contribution in [3.05, 3.63) is 52.3 Å². The van der Waals surface area contributed by atoms with Crippen LogP contribution in [0.1, 0.15) is 41.7 Å². The summed E-state index contributed by atoms with van der Waals surface area (Å²) in [4.78, 5) is 49.4. The normalized spacial score (nSPS) is 18.8. The van der Waals surface area contributed by atoms with E-state index in [1.54, 1.807) is 15.9 Å². The Labute approximate surface area is 223 Å². The molecule has 0 aliphatic carbocycles. The number of carbonyl (C=O) groups excluding carboxylic acids is 3. The van der Waals surface area contributed by atoms with Gasteiger partial charge in [-0.15, -0.1) is 0 Å². The first-order valence-corrected chi connectivity index (χ1v) is 12.7. The molecule has 2 saturated heterocycles. The highest BCUT2D eigenvalue weighted by molar-refractivity contribution is 6.31. The van der Waals surface area contributed by atoms with Crippen LogP contribution in [0.3, 0.4) is 0 Å². The highest BCUT2D eigenvalue weighted by Gasteiger charge is 2.40. The number of nitrogens with one attached hydrogen (secondary N) is 2. The number of nitrogens with two attached hydrogens (primary N) is 2. The lowest BCUT2D eigenvalue weighted by molar-refractivity contribution is -0.134. The third-order valence-corrected chi connectivity index (χ3v) is 7.57. The van der Waals surface area contributed by atoms with Gasteiger partial charge in [0.2, 0.25) is 17.6 Å². The Balaban J connectivity index is 1.12. The van der Waals surface area contributed by atoms with E-state index >= 15 is 0 Å². The number of ketones is 1. The average Bonchev–Trinajstić information content (AvgIpc) is 3.48. The standard InChI is InChI=1S/C25H28ClFN8O3/c26-22-24(29)32-23(28)21(31-22)17(36)12-18-30-13-25(33-18)6-9-34(10-7-25)19(37)3-4-20(38)35-8-5-14-11-15(27)1-2-16(14)35/h1-2,11-12,30,33H,3-10,13H2,(H4,28,29,32)/b18-12+. The second-order valence-corrected chi connectivity index (χ2v) is 10.1. The van der Waals surface area contributed by atoms with Gasteiger partial charge in [0.05, 0.1) is 5.54 Å². The summed E-state index contributed by atoms with van der Waals surface area (Å²) in [7, 11) is 0. The number of hydrogen-bond donors (Lipinski definition) is 4. The summed E-state index contributed by atoms with van der Waals surface area (Å²) in [6.07, 6.45) is 3.54. The fraction of sp³-hybridized carbons (Fsp3) is 0.400. The number of fused-ring (bicyclic) bond motifs is 1. The summed E-state index contributed by atoms with van der Waals surface area (Å²) in [5, 5.41) is 6.47. The van der Waals surface area contributed by atoms with E-state index in [2.05, 4.69) is 20.6 Å². The van der Waals surface area contributed by atoms with Crippen molar-refractivity contribution < 1.29 is 18.8 Å². The van der Waals surface area contributed by atoms with Crippen molar-refractivity contribution >= 4 is 46.5 Å². The number of amides is 2. The van der Waals surface area contributed by atoms with E-state index in [0.29, 0.717) is 51.3 Å². The summed E-state index contributed by atoms with van der Waals surface area (Å²) >= 11 is 5.88. The lowest BCUT2D eigenvalue weighted by Gasteiger charge is -2.39. The van der Waals surface area contributed by atoms with Crippen molar-refractivity contribution in [2.75, 3.05) is 42.5 Å². The molecule has 0 saturated carbocycles. The van der Waals surface area contributed by atoms with Crippen molar-refractivity contribution in [2.24, 2.45) is 0 Å². The zero-order valence-electron chi connectivity index (χ0n) is 20.6. The number of carbonyl (C=O) groups is 3. The van der Waals surface area contributed by atoms with E-state index in [-0.39, 0.29) is 58.5 Å². The van der Waals surface area contributed by atoms with Crippen LogP contribution in [0.15, 0.2) is 30.1 Å². The fourth-order valence-corrected chi connectivity index (χ4v) is 5.30. The van der Waals surface area contributed by atoms with Crippen molar-refractivity contribution in [3.63, 3.8) is 0 Å². The van der Waals surface area contributed by atoms with Gasteiger partial charge in [-0.25, -0.2) is 14.4 Å². The van der Waals surface area contributed by atoms with Crippen LogP contribution in [0.25, 0.3) is 0 Å². The molecule has 2 aromatic rings. The molecular formula is C25H28ClFN8O3. The lowest BCUT2D eigenvalue weighted by atomic mass is 9.88. The maximum absolute atomic E-state index is 13.4. The predicted octanol–water partition coefficient (Wildman–Crippen LogP) is 1.38. The van der Waals surface area contributed by atoms with Crippen molar-refractivity contribution in [2.45, 2.75) is 37.6 Å². The summed E-state index contributed by atoms with van der Waals surface area (Å²) in [5.41, 5.74) is 12.5. The average molecular weight is 543 g/mol. The topological polar surface area (TPSA) is 160 Å². The van der Waals surface area contributed by atoms with Crippen LogP contribution >= 0.6 is 11.6 Å². The van der Waals surface area contributed by atoms with E-state index in [4.69, 9.17) is 23.1 Å². The Bertz CT molecular complexity index is 1340. The molecule has 0 atom stereocenters. The number of likely N-dealkylation sites (tertiary alicyclic amines) is 1. The number of rotatable bonds is 5. The molecule has 13 heteroatoms. The summed E-state index contributed by atoms with van der Waals surface area (Å²) in [6.45, 7) is 2.15. The van der Waals surface area contributed by atoms with Crippen LogP contribution in [-0.2, 0) is 16.0 Å². The Kier molecular flexibility index (Phi) is 6.82. The lowest BCUT2D eigenvalue weighted by Crippen LogP contribution is -2.53. The minimum Gasteiger partial charge on any atom is -0.382 e. The first-order chi connectivity index (χ1) is 18.1. The maximum Gasteiger partial charge on any atom is 0.227 e. The van der Waals surface area contributed by atoms with Gasteiger partial charge in [0, 0.05) is 50.8 Å². The third-order valence-electron chi connectivity index (χ3n) is 7.29. The largest absolute Gasteiger partial charge is 0.382 e. The number of piperidine rings is 1. The first kappa shape index (κ1) is 25.7. The van der Waals surface area contributed by atoms with Gasteiger partial charge in [-0.05, 0) is 43.0 Å². The number of nitrogens with zero attached hydrogens (tertiary/aromatic N) is 4. The molecular weight excluding hydrogens is 515 g/mol. The van der Waals surface area contributed by atoms with Crippen LogP contribution in [0, 0.1) is 5.82 Å². The monoisotopic (exact) mass is 542 g/mol. The Morgan fingerprint density at radius 2 is 1.82 bits per heavy atom. The third kappa shape index (κ3) is 5.08. The second-order valence-electron chi connectivity index (χ2n) is 9.76. The minimum atomic E-state index is -0.466. The van der Waals surface area contributed by atoms with Gasteiger partial charge in [-0.1, -0.05) is 11.6 Å². The van der Waals surface area contributed by atoms with Crippen LogP contribution in [-0.4, -0.2) is 64.2 Å². The Morgan fingerprint density at radius 3 is 2.58 bits per heavy atom. The summed E-state index contributed by atoms with van der Waals surface area (Å²) in [6, 6.07) is 4.42. The molecule has 4 heterocycles. The molecule has 1 spiro atoms. The van der Waals surface area contributed by atoms with Crippen LogP contribution in [0.4, 0.5) is 21.7 Å². The number of hydrogen-bond acceptors (Lipinski definition) is 9. The number of halogens is 2. The van der Waals surface area contributed by atoms with E-state index < -0.39 is 5.78 Å². The van der Waals surface area contributed by atoms with Crippen LogP contribution in [0.2, 0.25) is 5.15 Å². The van der Waals surface area contributed by atoms with Crippen LogP contribution in [0.5, 0.6) is 0 Å². The number of nitrogen functional groups attached to an aromatic ring is 2. The van der Waals surface area contributed by atoms with Gasteiger partial charge in [0.25, 0.3) is 0 Å². The predicted molar refractivity (Wildman–Crippen MR) is 140 cm³/mol. The highest BCUT2D eigenvalue weighted by Crippen LogP contribution is 2.30. The van der Waals surface area contributed by atoms with Gasteiger partial charge >= 0.3 is 0 Å². The Hall–Kier alpha value is -3.93. The number of anilines is 3. The molecule has 38 heavy (non-hydrogen) atoms. The van der Waals surface area contributed by atoms with E-state index in [0.717, 1.165) is 11.3 Å². The van der Waals surface area contributed by atoms with Crippen LogP contribution < -0.4 is 27.0 Å². The molecule has 11 nitrogen and oxygen atoms in total.